The van der Waals surface area contributed by atoms with Crippen LogP contribution in [0.25, 0.3) is 37.8 Å². The molecule has 0 saturated carbocycles. The zero-order chi connectivity index (χ0) is 31.4. The second-order valence-corrected chi connectivity index (χ2v) is 15.6. The summed E-state index contributed by atoms with van der Waals surface area (Å²) in [7, 11) is 0.412. The van der Waals surface area contributed by atoms with Gasteiger partial charge >= 0.3 is 0 Å². The third-order valence-corrected chi connectivity index (χ3v) is 13.4. The molecule has 0 fully saturated rings. The summed E-state index contributed by atoms with van der Waals surface area (Å²) < 4.78 is 31.9. The van der Waals surface area contributed by atoms with Crippen molar-refractivity contribution >= 4 is 76.5 Å². The second kappa shape index (κ2) is 11.4. The summed E-state index contributed by atoms with van der Waals surface area (Å²) in [5, 5.41) is 7.04. The highest BCUT2D eigenvalue weighted by Gasteiger charge is 2.31. The first-order valence-corrected chi connectivity index (χ1v) is 18.4. The van der Waals surface area contributed by atoms with Gasteiger partial charge < -0.3 is 4.90 Å². The van der Waals surface area contributed by atoms with Crippen LogP contribution in [0.3, 0.4) is 0 Å². The number of sulfone groups is 1. The van der Waals surface area contributed by atoms with Gasteiger partial charge in [0.1, 0.15) is 11.7 Å². The molecule has 0 unspecified atom stereocenters. The molecule has 1 aromatic heterocycles. The Hall–Kier alpha value is -4.43. The summed E-state index contributed by atoms with van der Waals surface area (Å²) in [5.74, 6) is 0. The zero-order valence-corrected chi connectivity index (χ0v) is 27.9. The van der Waals surface area contributed by atoms with Crippen molar-refractivity contribution in [1.82, 2.24) is 0 Å². The zero-order valence-electron chi connectivity index (χ0n) is 25.5. The first kappa shape index (κ1) is 29.0. The number of allylic oxidation sites excluding steroid dienone is 5. The normalized spacial score (nSPS) is 17.1. The molecular weight excluding hydrogens is 625 g/mol. The number of thioether (sulfide) groups is 1. The number of anilines is 1. The van der Waals surface area contributed by atoms with Crippen LogP contribution in [0.15, 0.2) is 152 Å². The maximum Gasteiger partial charge on any atom is 0.262 e. The molecule has 8 rings (SSSR count). The molecule has 0 atom stereocenters. The molecule has 46 heavy (non-hydrogen) atoms. The number of hydrogen-bond acceptors (Lipinski definition) is 5. The number of hydrogen-bond donors (Lipinski definition) is 0. The third-order valence-electron chi connectivity index (χ3n) is 8.94. The van der Waals surface area contributed by atoms with Gasteiger partial charge in [-0.2, -0.15) is 4.57 Å². The van der Waals surface area contributed by atoms with E-state index in [-0.39, 0.29) is 0 Å². The molecular formula is C39H31N2O2S3+. The van der Waals surface area contributed by atoms with Crippen LogP contribution in [0.1, 0.15) is 17.8 Å². The molecule has 7 heteroatoms. The Kier molecular flexibility index (Phi) is 7.20. The highest BCUT2D eigenvalue weighted by Crippen LogP contribution is 2.49. The predicted octanol–water partition coefficient (Wildman–Crippen LogP) is 9.58. The number of rotatable bonds is 5. The lowest BCUT2D eigenvalue weighted by Crippen LogP contribution is -2.28. The number of aryl methyl sites for hydroxylation is 1. The Balaban J connectivity index is 1.21. The van der Waals surface area contributed by atoms with Crippen LogP contribution in [-0.4, -0.2) is 15.5 Å². The van der Waals surface area contributed by atoms with Gasteiger partial charge in [0.15, 0.2) is 0 Å². The van der Waals surface area contributed by atoms with Crippen molar-refractivity contribution in [2.24, 2.45) is 7.05 Å². The van der Waals surface area contributed by atoms with E-state index in [0.29, 0.717) is 22.6 Å². The molecule has 0 saturated heterocycles. The number of fused-ring (bicyclic) bond motifs is 6. The van der Waals surface area contributed by atoms with Crippen molar-refractivity contribution in [1.29, 1.82) is 0 Å². The quantitative estimate of drug-likeness (QED) is 0.174. The summed E-state index contributed by atoms with van der Waals surface area (Å²) in [4.78, 5) is 4.17. The van der Waals surface area contributed by atoms with E-state index in [1.807, 2.05) is 18.2 Å². The van der Waals surface area contributed by atoms with Gasteiger partial charge in [-0.05, 0) is 70.5 Å². The summed E-state index contributed by atoms with van der Waals surface area (Å²) in [6.07, 6.45) is 9.54. The highest BCUT2D eigenvalue weighted by atomic mass is 32.2. The maximum atomic E-state index is 14.2. The van der Waals surface area contributed by atoms with Crippen LogP contribution >= 0.6 is 23.1 Å². The largest absolute Gasteiger partial charge is 0.338 e. The molecule has 5 aromatic carbocycles. The van der Waals surface area contributed by atoms with Crippen LogP contribution in [0.5, 0.6) is 0 Å². The molecule has 0 amide bonds. The Morgan fingerprint density at radius 3 is 2.26 bits per heavy atom. The van der Waals surface area contributed by atoms with E-state index in [2.05, 4.69) is 109 Å². The molecule has 0 bridgehead atoms. The molecule has 0 radical (unpaired) electrons. The number of benzene rings is 5. The number of nitrogens with zero attached hydrogens (tertiary/aromatic N) is 2. The lowest BCUT2D eigenvalue weighted by molar-refractivity contribution is -0.642. The predicted molar refractivity (Wildman–Crippen MR) is 194 cm³/mol. The van der Waals surface area contributed by atoms with E-state index in [0.717, 1.165) is 21.2 Å². The summed E-state index contributed by atoms with van der Waals surface area (Å²) >= 11 is 3.47. The summed E-state index contributed by atoms with van der Waals surface area (Å²) in [6.45, 7) is 0. The van der Waals surface area contributed by atoms with Gasteiger partial charge in [-0.1, -0.05) is 108 Å². The minimum atomic E-state index is -3.74. The Bertz CT molecular complexity index is 2430. The molecule has 1 aliphatic heterocycles. The Morgan fingerprint density at radius 1 is 0.761 bits per heavy atom. The smallest absolute Gasteiger partial charge is 0.262 e. The Labute approximate surface area is 277 Å². The van der Waals surface area contributed by atoms with Gasteiger partial charge in [-0.15, -0.1) is 0 Å². The fraction of sp³-hybridized carbons (Fsp3) is 0.103. The van der Waals surface area contributed by atoms with Gasteiger partial charge in [0.2, 0.25) is 15.4 Å². The molecule has 6 aromatic rings. The van der Waals surface area contributed by atoms with Crippen molar-refractivity contribution in [3.8, 4) is 0 Å². The van der Waals surface area contributed by atoms with Gasteiger partial charge in [0.25, 0.3) is 5.01 Å². The lowest BCUT2D eigenvalue weighted by atomic mass is 10.1. The van der Waals surface area contributed by atoms with Crippen molar-refractivity contribution in [2.45, 2.75) is 22.6 Å². The fourth-order valence-corrected chi connectivity index (χ4v) is 10.7. The van der Waals surface area contributed by atoms with E-state index in [1.165, 1.54) is 42.3 Å². The van der Waals surface area contributed by atoms with Crippen LogP contribution in [0, 0.1) is 0 Å². The average molecular weight is 656 g/mol. The molecule has 1 aliphatic carbocycles. The van der Waals surface area contributed by atoms with Crippen molar-refractivity contribution in [3.05, 3.63) is 147 Å². The second-order valence-electron chi connectivity index (χ2n) is 11.6. The van der Waals surface area contributed by atoms with E-state index in [9.17, 15) is 8.42 Å². The Morgan fingerprint density at radius 2 is 1.46 bits per heavy atom. The average Bonchev–Trinajstić information content (AvgIpc) is 3.76. The standard InChI is InChI=1S/C39H31N2O2S3/c1-40-33-22-18-26-10-6-8-14-31(26)37(33)44-35(40)24-20-28-16-17-29(39(28)46(42,43)30-12-4-3-5-13-30)21-25-36-41(2)34-23-19-27-11-7-9-15-32(27)38(34)45-36/h3-15,18-25H,16-17H2,1-2H3/q+1. The van der Waals surface area contributed by atoms with Crippen LogP contribution in [-0.2, 0) is 16.9 Å². The molecule has 2 aliphatic rings. The molecule has 2 heterocycles. The van der Waals surface area contributed by atoms with Gasteiger partial charge in [-0.3, -0.25) is 0 Å². The van der Waals surface area contributed by atoms with Gasteiger partial charge in [-0.25, -0.2) is 8.42 Å². The minimum Gasteiger partial charge on any atom is -0.338 e. The SMILES string of the molecule is CN1/C(=C/C=C2\CCC(/C=C/c3sc4c5ccccc5ccc4[n+]3C)=C2S(=O)(=O)c2ccccc2)Sc2c1ccc1ccccc21. The molecule has 0 N–H and O–H groups in total. The topological polar surface area (TPSA) is 41.3 Å². The lowest BCUT2D eigenvalue weighted by Gasteiger charge is -2.13. The van der Waals surface area contributed by atoms with Gasteiger partial charge in [0.05, 0.1) is 20.5 Å². The van der Waals surface area contributed by atoms with Crippen LogP contribution < -0.4 is 9.47 Å². The number of aromatic nitrogens is 1. The number of thiazole rings is 1. The third kappa shape index (κ3) is 4.81. The van der Waals surface area contributed by atoms with E-state index >= 15 is 0 Å². The first-order valence-electron chi connectivity index (χ1n) is 15.3. The monoisotopic (exact) mass is 655 g/mol. The van der Waals surface area contributed by atoms with Gasteiger partial charge in [0, 0.05) is 29.5 Å². The van der Waals surface area contributed by atoms with E-state index < -0.39 is 9.84 Å². The summed E-state index contributed by atoms with van der Waals surface area (Å²) in [6, 6.07) is 34.4. The fourth-order valence-electron chi connectivity index (χ4n) is 6.51. The van der Waals surface area contributed by atoms with E-state index in [1.54, 1.807) is 47.4 Å². The summed E-state index contributed by atoms with van der Waals surface area (Å²) in [5.41, 5.74) is 4.02. The van der Waals surface area contributed by atoms with Crippen LogP contribution in [0.4, 0.5) is 5.69 Å². The van der Waals surface area contributed by atoms with Crippen molar-refractivity contribution < 1.29 is 13.0 Å². The van der Waals surface area contributed by atoms with Crippen molar-refractivity contribution in [3.63, 3.8) is 0 Å². The van der Waals surface area contributed by atoms with Crippen LogP contribution in [0.2, 0.25) is 0 Å². The van der Waals surface area contributed by atoms with E-state index in [4.69, 9.17) is 0 Å². The minimum absolute atomic E-state index is 0.321. The molecule has 226 valence electrons. The highest BCUT2D eigenvalue weighted by molar-refractivity contribution is 8.04. The molecule has 4 nitrogen and oxygen atoms in total. The first-order chi connectivity index (χ1) is 22.4. The maximum absolute atomic E-state index is 14.2. The van der Waals surface area contributed by atoms with Crippen molar-refractivity contribution in [2.75, 3.05) is 11.9 Å². The molecule has 0 spiro atoms.